The molecule has 2 amide bonds. The van der Waals surface area contributed by atoms with Crippen LogP contribution in [0.15, 0.2) is 58.3 Å². The lowest BCUT2D eigenvalue weighted by atomic mass is 9.96. The Balaban J connectivity index is 2.38. The number of nitrogens with two attached hydrogens (primary N) is 2. The Morgan fingerprint density at radius 3 is 2.07 bits per heavy atom. The highest BCUT2D eigenvalue weighted by Crippen LogP contribution is 2.44. The summed E-state index contributed by atoms with van der Waals surface area (Å²) >= 11 is 7.35. The van der Waals surface area contributed by atoms with Crippen LogP contribution in [0.3, 0.4) is 0 Å². The number of ether oxygens (including phenoxy) is 1. The minimum absolute atomic E-state index is 0.00288. The zero-order chi connectivity index (χ0) is 20.3. The van der Waals surface area contributed by atoms with Crippen LogP contribution in [0.25, 0.3) is 10.8 Å². The third-order valence-corrected chi connectivity index (χ3v) is 5.45. The Kier molecular flexibility index (Phi) is 6.05. The fourth-order valence-corrected chi connectivity index (χ4v) is 4.10. The summed E-state index contributed by atoms with van der Waals surface area (Å²) in [6.07, 6.45) is 0. The van der Waals surface area contributed by atoms with Crippen LogP contribution in [0.2, 0.25) is 5.02 Å². The Hall–Kier alpha value is -2.78. The molecule has 0 fully saturated rings. The number of methoxy groups -OCH3 is 1. The summed E-state index contributed by atoms with van der Waals surface area (Å²) in [7, 11) is 1.42. The molecule has 0 spiro atoms. The molecule has 0 atom stereocenters. The van der Waals surface area contributed by atoms with Gasteiger partial charge in [0.1, 0.15) is 5.75 Å². The first-order chi connectivity index (χ1) is 13.5. The lowest BCUT2D eigenvalue weighted by Crippen LogP contribution is -2.36. The van der Waals surface area contributed by atoms with E-state index in [0.29, 0.717) is 15.3 Å². The molecule has 3 aromatic rings. The highest BCUT2D eigenvalue weighted by atomic mass is 35.5. The van der Waals surface area contributed by atoms with E-state index in [0.717, 1.165) is 10.3 Å². The minimum atomic E-state index is -0.667. The second kappa shape index (κ2) is 8.49. The molecule has 7 nitrogen and oxygen atoms in total. The maximum Gasteiger partial charge on any atom is 0.269 e. The van der Waals surface area contributed by atoms with E-state index in [-0.39, 0.29) is 16.9 Å². The standard InChI is InChI=1S/C19H17ClN4O3S/c1-27-16-15(19(26)24-22)14(18(25)23-21)12-4-2-3-5-13(12)17(16)28-11-8-6-10(20)7-9-11/h2-9H,21-22H2,1H3,(H,23,25)(H,24,26). The lowest BCUT2D eigenvalue weighted by molar-refractivity contribution is 0.0918. The summed E-state index contributed by atoms with van der Waals surface area (Å²) in [5, 5.41) is 1.88. The summed E-state index contributed by atoms with van der Waals surface area (Å²) < 4.78 is 5.55. The maximum absolute atomic E-state index is 12.6. The fourth-order valence-electron chi connectivity index (χ4n) is 2.90. The SMILES string of the molecule is COc1c(C(=O)NN)c(C(=O)NN)c2ccccc2c1Sc1ccc(Cl)cc1. The largest absolute Gasteiger partial charge is 0.495 e. The summed E-state index contributed by atoms with van der Waals surface area (Å²) in [6.45, 7) is 0. The van der Waals surface area contributed by atoms with Crippen LogP contribution in [0.1, 0.15) is 20.7 Å². The van der Waals surface area contributed by atoms with Crippen LogP contribution in [-0.2, 0) is 0 Å². The molecule has 3 rings (SSSR count). The van der Waals surface area contributed by atoms with Gasteiger partial charge in [-0.25, -0.2) is 11.7 Å². The highest BCUT2D eigenvalue weighted by Gasteiger charge is 2.28. The van der Waals surface area contributed by atoms with Gasteiger partial charge in [-0.3, -0.25) is 20.4 Å². The smallest absolute Gasteiger partial charge is 0.269 e. The molecule has 6 N–H and O–H groups in total. The number of nitrogens with one attached hydrogen (secondary N) is 2. The van der Waals surface area contributed by atoms with Gasteiger partial charge in [-0.15, -0.1) is 0 Å². The molecule has 0 aliphatic heterocycles. The number of carbonyl (C=O) groups excluding carboxylic acids is 2. The van der Waals surface area contributed by atoms with Gasteiger partial charge in [0.2, 0.25) is 0 Å². The quantitative estimate of drug-likeness (QED) is 0.288. The highest BCUT2D eigenvalue weighted by molar-refractivity contribution is 7.99. The Bertz CT molecular complexity index is 1060. The van der Waals surface area contributed by atoms with Gasteiger partial charge < -0.3 is 4.74 Å². The maximum atomic E-state index is 12.6. The van der Waals surface area contributed by atoms with Crippen molar-refractivity contribution in [2.24, 2.45) is 11.7 Å². The molecule has 0 saturated carbocycles. The zero-order valence-corrected chi connectivity index (χ0v) is 16.4. The molecule has 3 aromatic carbocycles. The van der Waals surface area contributed by atoms with Crippen LogP contribution in [0, 0.1) is 0 Å². The molecule has 28 heavy (non-hydrogen) atoms. The molecule has 0 aliphatic rings. The summed E-state index contributed by atoms with van der Waals surface area (Å²) in [5.41, 5.74) is 4.24. The number of fused-ring (bicyclic) bond motifs is 1. The van der Waals surface area contributed by atoms with Crippen molar-refractivity contribution in [2.75, 3.05) is 7.11 Å². The van der Waals surface area contributed by atoms with E-state index in [1.54, 1.807) is 24.3 Å². The van der Waals surface area contributed by atoms with Crippen LogP contribution in [0.5, 0.6) is 5.75 Å². The van der Waals surface area contributed by atoms with Gasteiger partial charge in [-0.2, -0.15) is 0 Å². The van der Waals surface area contributed by atoms with Crippen molar-refractivity contribution >= 4 is 45.9 Å². The average molecular weight is 417 g/mol. The second-order valence-corrected chi connectivity index (χ2v) is 7.18. The Morgan fingerprint density at radius 1 is 0.929 bits per heavy atom. The number of carbonyl (C=O) groups is 2. The van der Waals surface area contributed by atoms with Crippen LogP contribution in [-0.4, -0.2) is 18.9 Å². The van der Waals surface area contributed by atoms with Crippen molar-refractivity contribution < 1.29 is 14.3 Å². The number of hydrazine groups is 2. The van der Waals surface area contributed by atoms with E-state index >= 15 is 0 Å². The molecule has 0 saturated heterocycles. The predicted molar refractivity (Wildman–Crippen MR) is 109 cm³/mol. The fraction of sp³-hybridized carbons (Fsp3) is 0.0526. The van der Waals surface area contributed by atoms with E-state index in [1.165, 1.54) is 18.9 Å². The van der Waals surface area contributed by atoms with E-state index in [1.807, 2.05) is 24.3 Å². The van der Waals surface area contributed by atoms with Crippen LogP contribution in [0.4, 0.5) is 0 Å². The van der Waals surface area contributed by atoms with Gasteiger partial charge in [0.05, 0.1) is 23.1 Å². The first kappa shape index (κ1) is 20.0. The molecule has 0 aromatic heterocycles. The van der Waals surface area contributed by atoms with Gasteiger partial charge in [0, 0.05) is 15.3 Å². The molecular weight excluding hydrogens is 400 g/mol. The van der Waals surface area contributed by atoms with Crippen molar-refractivity contribution in [3.8, 4) is 5.75 Å². The van der Waals surface area contributed by atoms with E-state index in [2.05, 4.69) is 10.9 Å². The molecule has 144 valence electrons. The Labute approximate surface area is 170 Å². The van der Waals surface area contributed by atoms with Crippen LogP contribution < -0.4 is 27.3 Å². The number of amides is 2. The van der Waals surface area contributed by atoms with Gasteiger partial charge in [0.25, 0.3) is 11.8 Å². The van der Waals surface area contributed by atoms with Gasteiger partial charge in [-0.05, 0) is 29.7 Å². The number of halogens is 1. The molecule has 0 unspecified atom stereocenters. The predicted octanol–water partition coefficient (Wildman–Crippen LogP) is 2.86. The number of hydrogen-bond acceptors (Lipinski definition) is 6. The molecule has 0 aliphatic carbocycles. The number of benzene rings is 3. The molecule has 0 radical (unpaired) electrons. The second-order valence-electron chi connectivity index (χ2n) is 5.66. The van der Waals surface area contributed by atoms with E-state index in [4.69, 9.17) is 28.0 Å². The first-order valence-corrected chi connectivity index (χ1v) is 9.29. The number of rotatable bonds is 5. The topological polar surface area (TPSA) is 119 Å². The van der Waals surface area contributed by atoms with E-state index < -0.39 is 11.8 Å². The molecule has 0 heterocycles. The minimum Gasteiger partial charge on any atom is -0.495 e. The van der Waals surface area contributed by atoms with Crippen molar-refractivity contribution in [3.63, 3.8) is 0 Å². The Morgan fingerprint density at radius 2 is 1.50 bits per heavy atom. The molecule has 0 bridgehead atoms. The first-order valence-electron chi connectivity index (χ1n) is 8.09. The van der Waals surface area contributed by atoms with Gasteiger partial charge in [0.15, 0.2) is 0 Å². The van der Waals surface area contributed by atoms with E-state index in [9.17, 15) is 9.59 Å². The third kappa shape index (κ3) is 3.63. The van der Waals surface area contributed by atoms with Crippen molar-refractivity contribution in [3.05, 3.63) is 64.7 Å². The number of hydrogen-bond donors (Lipinski definition) is 4. The normalized spacial score (nSPS) is 10.6. The van der Waals surface area contributed by atoms with Crippen molar-refractivity contribution in [2.45, 2.75) is 9.79 Å². The molecular formula is C19H17ClN4O3S. The van der Waals surface area contributed by atoms with Crippen LogP contribution >= 0.6 is 23.4 Å². The summed E-state index contributed by atoms with van der Waals surface area (Å²) in [4.78, 5) is 26.6. The monoisotopic (exact) mass is 416 g/mol. The lowest BCUT2D eigenvalue weighted by Gasteiger charge is -2.19. The average Bonchev–Trinajstić information content (AvgIpc) is 2.73. The number of nitrogen functional groups attached to an aromatic ring is 2. The summed E-state index contributed by atoms with van der Waals surface area (Å²) in [6, 6.07) is 14.4. The van der Waals surface area contributed by atoms with Crippen molar-refractivity contribution in [1.82, 2.24) is 10.9 Å². The van der Waals surface area contributed by atoms with Gasteiger partial charge >= 0.3 is 0 Å². The third-order valence-electron chi connectivity index (χ3n) is 4.08. The zero-order valence-electron chi connectivity index (χ0n) is 14.8. The summed E-state index contributed by atoms with van der Waals surface area (Å²) in [5.74, 6) is 9.64. The molecule has 9 heteroatoms. The van der Waals surface area contributed by atoms with Gasteiger partial charge in [-0.1, -0.05) is 47.6 Å². The van der Waals surface area contributed by atoms with Crippen molar-refractivity contribution in [1.29, 1.82) is 0 Å².